The summed E-state index contributed by atoms with van der Waals surface area (Å²) in [4.78, 5) is 4.45. The topological polar surface area (TPSA) is 70.6 Å². The van der Waals surface area contributed by atoms with Crippen molar-refractivity contribution in [3.8, 4) is 0 Å². The molecule has 0 amide bonds. The standard InChI is InChI=1S/C11H23N3O2S.HI/c1-4-12-10(13-5-2)14-8-11(6-7-11)9-17(3,15)16;/h4-9H2,1-3H3,(H2,12,13,14);1H. The molecular weight excluding hydrogens is 365 g/mol. The molecule has 0 heterocycles. The Balaban J connectivity index is 0.00000289. The molecule has 1 aliphatic rings. The van der Waals surface area contributed by atoms with E-state index in [1.54, 1.807) is 0 Å². The van der Waals surface area contributed by atoms with Gasteiger partial charge in [-0.3, -0.25) is 4.99 Å². The van der Waals surface area contributed by atoms with E-state index in [0.29, 0.717) is 6.54 Å². The number of halogens is 1. The van der Waals surface area contributed by atoms with Gasteiger partial charge in [-0.2, -0.15) is 0 Å². The van der Waals surface area contributed by atoms with Crippen molar-refractivity contribution in [2.75, 3.05) is 31.6 Å². The summed E-state index contributed by atoms with van der Waals surface area (Å²) in [6.07, 6.45) is 3.23. The molecule has 1 aliphatic carbocycles. The van der Waals surface area contributed by atoms with Gasteiger partial charge < -0.3 is 10.6 Å². The zero-order chi connectivity index (χ0) is 12.9. The lowest BCUT2D eigenvalue weighted by atomic mass is 10.1. The second kappa shape index (κ2) is 7.52. The van der Waals surface area contributed by atoms with Crippen LogP contribution in [0, 0.1) is 5.41 Å². The van der Waals surface area contributed by atoms with Crippen LogP contribution in [0.1, 0.15) is 26.7 Å². The number of hydrogen-bond donors (Lipinski definition) is 2. The minimum absolute atomic E-state index is 0. The Labute approximate surface area is 127 Å². The molecule has 0 unspecified atom stereocenters. The van der Waals surface area contributed by atoms with E-state index in [1.807, 2.05) is 13.8 Å². The first-order valence-electron chi connectivity index (χ1n) is 6.11. The molecule has 0 aliphatic heterocycles. The fourth-order valence-corrected chi connectivity index (χ4v) is 3.33. The number of guanidine groups is 1. The molecule has 0 aromatic carbocycles. The Morgan fingerprint density at radius 1 is 1.22 bits per heavy atom. The third-order valence-electron chi connectivity index (χ3n) is 2.79. The fourth-order valence-electron chi connectivity index (χ4n) is 1.84. The lowest BCUT2D eigenvalue weighted by Gasteiger charge is -2.13. The average Bonchev–Trinajstić information content (AvgIpc) is 2.93. The molecule has 1 fully saturated rings. The number of rotatable bonds is 6. The van der Waals surface area contributed by atoms with Gasteiger partial charge in [0, 0.05) is 31.3 Å². The van der Waals surface area contributed by atoms with Crippen LogP contribution >= 0.6 is 24.0 Å². The van der Waals surface area contributed by atoms with Crippen molar-refractivity contribution in [3.05, 3.63) is 0 Å². The van der Waals surface area contributed by atoms with Gasteiger partial charge >= 0.3 is 0 Å². The van der Waals surface area contributed by atoms with Crippen molar-refractivity contribution in [3.63, 3.8) is 0 Å². The largest absolute Gasteiger partial charge is 0.357 e. The van der Waals surface area contributed by atoms with Gasteiger partial charge in [-0.25, -0.2) is 8.42 Å². The molecule has 18 heavy (non-hydrogen) atoms. The highest BCUT2D eigenvalue weighted by molar-refractivity contribution is 14.0. The van der Waals surface area contributed by atoms with Gasteiger partial charge in [0.1, 0.15) is 9.84 Å². The summed E-state index contributed by atoms with van der Waals surface area (Å²) in [6.45, 7) is 6.23. The van der Waals surface area contributed by atoms with E-state index in [2.05, 4.69) is 15.6 Å². The zero-order valence-electron chi connectivity index (χ0n) is 11.3. The smallest absolute Gasteiger partial charge is 0.191 e. The number of aliphatic imine (C=N–C) groups is 1. The Morgan fingerprint density at radius 2 is 1.72 bits per heavy atom. The normalized spacial score (nSPS) is 16.4. The second-order valence-electron chi connectivity index (χ2n) is 4.80. The van der Waals surface area contributed by atoms with Gasteiger partial charge in [0.15, 0.2) is 5.96 Å². The summed E-state index contributed by atoms with van der Waals surface area (Å²) in [7, 11) is -2.90. The molecule has 108 valence electrons. The molecule has 7 heteroatoms. The van der Waals surface area contributed by atoms with E-state index < -0.39 is 9.84 Å². The first-order chi connectivity index (χ1) is 7.91. The summed E-state index contributed by atoms with van der Waals surface area (Å²) < 4.78 is 22.6. The van der Waals surface area contributed by atoms with E-state index in [0.717, 1.165) is 31.9 Å². The minimum atomic E-state index is -2.90. The van der Waals surface area contributed by atoms with Gasteiger partial charge in [0.2, 0.25) is 0 Å². The number of hydrogen-bond acceptors (Lipinski definition) is 3. The third-order valence-corrected chi connectivity index (χ3v) is 3.92. The molecule has 5 nitrogen and oxygen atoms in total. The predicted octanol–water partition coefficient (Wildman–Crippen LogP) is 1.00. The molecule has 0 radical (unpaired) electrons. The summed E-state index contributed by atoms with van der Waals surface area (Å²) in [5, 5.41) is 6.27. The molecule has 0 aromatic rings. The summed E-state index contributed by atoms with van der Waals surface area (Å²) in [5.74, 6) is 1.03. The van der Waals surface area contributed by atoms with Crippen molar-refractivity contribution >= 4 is 39.8 Å². The van der Waals surface area contributed by atoms with Crippen LogP contribution < -0.4 is 10.6 Å². The maximum Gasteiger partial charge on any atom is 0.191 e. The van der Waals surface area contributed by atoms with E-state index in [1.165, 1.54) is 6.26 Å². The van der Waals surface area contributed by atoms with Crippen LogP contribution in [0.15, 0.2) is 4.99 Å². The maximum atomic E-state index is 11.3. The third kappa shape index (κ3) is 6.77. The summed E-state index contributed by atoms with van der Waals surface area (Å²) in [5.41, 5.74) is -0.0936. The van der Waals surface area contributed by atoms with Crippen LogP contribution in [0.3, 0.4) is 0 Å². The molecule has 1 saturated carbocycles. The van der Waals surface area contributed by atoms with Crippen LogP contribution in [-0.2, 0) is 9.84 Å². The van der Waals surface area contributed by atoms with Gasteiger partial charge in [0.25, 0.3) is 0 Å². The van der Waals surface area contributed by atoms with Crippen LogP contribution in [0.5, 0.6) is 0 Å². The van der Waals surface area contributed by atoms with Crippen molar-refractivity contribution in [1.82, 2.24) is 10.6 Å². The van der Waals surface area contributed by atoms with Crippen LogP contribution in [0.4, 0.5) is 0 Å². The number of sulfone groups is 1. The SMILES string of the molecule is CCNC(=NCC1(CS(C)(=O)=O)CC1)NCC.I. The Bertz CT molecular complexity index is 370. The Hall–Kier alpha value is -0.0500. The van der Waals surface area contributed by atoms with Crippen molar-refractivity contribution in [2.45, 2.75) is 26.7 Å². The lowest BCUT2D eigenvalue weighted by molar-refractivity contribution is 0.550. The average molecular weight is 389 g/mol. The predicted molar refractivity (Wildman–Crippen MR) is 86.4 cm³/mol. The highest BCUT2D eigenvalue weighted by Gasteiger charge is 2.45. The molecule has 1 rings (SSSR count). The van der Waals surface area contributed by atoms with Gasteiger partial charge in [-0.15, -0.1) is 24.0 Å². The highest BCUT2D eigenvalue weighted by atomic mass is 127. The van der Waals surface area contributed by atoms with Crippen molar-refractivity contribution in [2.24, 2.45) is 10.4 Å². The molecule has 0 aromatic heterocycles. The molecule has 0 bridgehead atoms. The Morgan fingerprint density at radius 3 is 2.06 bits per heavy atom. The monoisotopic (exact) mass is 389 g/mol. The van der Waals surface area contributed by atoms with Crippen molar-refractivity contribution in [1.29, 1.82) is 0 Å². The van der Waals surface area contributed by atoms with Crippen LogP contribution in [0.25, 0.3) is 0 Å². The van der Waals surface area contributed by atoms with Crippen molar-refractivity contribution < 1.29 is 8.42 Å². The quantitative estimate of drug-likeness (QED) is 0.404. The highest BCUT2D eigenvalue weighted by Crippen LogP contribution is 2.46. The molecule has 0 atom stereocenters. The Kier molecular flexibility index (Phi) is 7.50. The lowest BCUT2D eigenvalue weighted by Crippen LogP contribution is -2.37. The van der Waals surface area contributed by atoms with Gasteiger partial charge in [0.05, 0.1) is 5.75 Å². The van der Waals surface area contributed by atoms with E-state index in [4.69, 9.17) is 0 Å². The van der Waals surface area contributed by atoms with E-state index in [9.17, 15) is 8.42 Å². The molecule has 0 saturated heterocycles. The van der Waals surface area contributed by atoms with Gasteiger partial charge in [-0.05, 0) is 26.7 Å². The summed E-state index contributed by atoms with van der Waals surface area (Å²) >= 11 is 0. The number of nitrogens with zero attached hydrogens (tertiary/aromatic N) is 1. The summed E-state index contributed by atoms with van der Waals surface area (Å²) in [6, 6.07) is 0. The molecule has 2 N–H and O–H groups in total. The first kappa shape index (κ1) is 17.9. The van der Waals surface area contributed by atoms with E-state index >= 15 is 0 Å². The van der Waals surface area contributed by atoms with Crippen LogP contribution in [0.2, 0.25) is 0 Å². The van der Waals surface area contributed by atoms with Crippen LogP contribution in [-0.4, -0.2) is 46.0 Å². The molecular formula is C11H24IN3O2S. The second-order valence-corrected chi connectivity index (χ2v) is 6.94. The van der Waals surface area contributed by atoms with E-state index in [-0.39, 0.29) is 35.1 Å². The minimum Gasteiger partial charge on any atom is -0.357 e. The maximum absolute atomic E-state index is 11.3. The molecule has 0 spiro atoms. The first-order valence-corrected chi connectivity index (χ1v) is 8.17. The number of nitrogens with one attached hydrogen (secondary N) is 2. The van der Waals surface area contributed by atoms with Gasteiger partial charge in [-0.1, -0.05) is 0 Å². The fraction of sp³-hybridized carbons (Fsp3) is 0.909. The zero-order valence-corrected chi connectivity index (χ0v) is 14.5.